The van der Waals surface area contributed by atoms with Gasteiger partial charge in [0.15, 0.2) is 0 Å². The van der Waals surface area contributed by atoms with Crippen molar-refractivity contribution < 1.29 is 14.3 Å². The molecule has 0 aromatic heterocycles. The fourth-order valence-corrected chi connectivity index (χ4v) is 3.40. The summed E-state index contributed by atoms with van der Waals surface area (Å²) in [6.45, 7) is 7.96. The van der Waals surface area contributed by atoms with E-state index in [0.29, 0.717) is 11.5 Å². The lowest BCUT2D eigenvalue weighted by atomic mass is 9.98. The molecule has 6 heteroatoms. The normalized spacial score (nSPS) is 14.5. The minimum Gasteiger partial charge on any atom is -0.491 e. The summed E-state index contributed by atoms with van der Waals surface area (Å²) < 4.78 is 5.60. The maximum Gasteiger partial charge on any atom is 0.253 e. The van der Waals surface area contributed by atoms with Gasteiger partial charge in [0.25, 0.3) is 5.91 Å². The Morgan fingerprint density at radius 1 is 1.00 bits per heavy atom. The van der Waals surface area contributed by atoms with Gasteiger partial charge in [-0.1, -0.05) is 6.92 Å². The molecule has 2 aromatic rings. The number of hydrogen-bond donors (Lipinski definition) is 2. The van der Waals surface area contributed by atoms with Crippen LogP contribution in [0.2, 0.25) is 0 Å². The summed E-state index contributed by atoms with van der Waals surface area (Å²) in [6.07, 6.45) is 2.24. The van der Waals surface area contributed by atoms with Crippen LogP contribution in [0.1, 0.15) is 44.0 Å². The van der Waals surface area contributed by atoms with Crippen LogP contribution >= 0.6 is 0 Å². The van der Waals surface area contributed by atoms with Crippen molar-refractivity contribution in [2.24, 2.45) is 5.92 Å². The molecule has 0 atom stereocenters. The van der Waals surface area contributed by atoms with E-state index in [1.807, 2.05) is 67.3 Å². The maximum absolute atomic E-state index is 12.6. The first-order valence-corrected chi connectivity index (χ1v) is 10.6. The van der Waals surface area contributed by atoms with Crippen molar-refractivity contribution in [3.8, 4) is 5.75 Å². The molecule has 1 aliphatic heterocycles. The van der Waals surface area contributed by atoms with Crippen LogP contribution in [-0.2, 0) is 4.79 Å². The first-order valence-electron chi connectivity index (χ1n) is 10.6. The van der Waals surface area contributed by atoms with Crippen LogP contribution in [-0.4, -0.2) is 42.5 Å². The van der Waals surface area contributed by atoms with E-state index in [2.05, 4.69) is 17.6 Å². The molecule has 2 amide bonds. The summed E-state index contributed by atoms with van der Waals surface area (Å²) in [5.41, 5.74) is 2.20. The number of carbonyl (C=O) groups is 2. The zero-order valence-electron chi connectivity index (χ0n) is 18.0. The highest BCUT2D eigenvalue weighted by atomic mass is 16.5. The minimum absolute atomic E-state index is 0.0797. The van der Waals surface area contributed by atoms with Crippen molar-refractivity contribution in [2.45, 2.75) is 39.7 Å². The second-order valence-electron chi connectivity index (χ2n) is 8.14. The molecule has 1 saturated heterocycles. The van der Waals surface area contributed by atoms with E-state index in [4.69, 9.17) is 4.74 Å². The molecule has 0 bridgehead atoms. The Labute approximate surface area is 178 Å². The second-order valence-corrected chi connectivity index (χ2v) is 8.14. The maximum atomic E-state index is 12.6. The molecule has 1 aliphatic rings. The number of rotatable bonds is 7. The van der Waals surface area contributed by atoms with Crippen LogP contribution in [0, 0.1) is 5.92 Å². The van der Waals surface area contributed by atoms with Crippen LogP contribution in [0.25, 0.3) is 0 Å². The number of carbonyl (C=O) groups excluding carboxylic acids is 2. The molecule has 0 spiro atoms. The molecule has 0 aliphatic carbocycles. The lowest BCUT2D eigenvalue weighted by molar-refractivity contribution is -0.114. The van der Waals surface area contributed by atoms with Crippen molar-refractivity contribution in [1.29, 1.82) is 0 Å². The third-order valence-electron chi connectivity index (χ3n) is 5.17. The summed E-state index contributed by atoms with van der Waals surface area (Å²) in [4.78, 5) is 26.7. The Morgan fingerprint density at radius 3 is 2.20 bits per heavy atom. The number of piperidine rings is 1. The van der Waals surface area contributed by atoms with E-state index >= 15 is 0 Å². The van der Waals surface area contributed by atoms with Gasteiger partial charge in [0, 0.05) is 30.0 Å². The zero-order valence-corrected chi connectivity index (χ0v) is 18.0. The molecule has 0 radical (unpaired) electrons. The molecule has 30 heavy (non-hydrogen) atoms. The topological polar surface area (TPSA) is 70.7 Å². The number of benzene rings is 2. The second kappa shape index (κ2) is 10.1. The van der Waals surface area contributed by atoms with Crippen LogP contribution < -0.4 is 15.4 Å². The van der Waals surface area contributed by atoms with Gasteiger partial charge in [-0.25, -0.2) is 0 Å². The Kier molecular flexibility index (Phi) is 7.33. The fourth-order valence-electron chi connectivity index (χ4n) is 3.40. The lowest BCUT2D eigenvalue weighted by Gasteiger charge is -2.30. The first-order chi connectivity index (χ1) is 14.4. The highest BCUT2D eigenvalue weighted by Crippen LogP contribution is 2.19. The monoisotopic (exact) mass is 409 g/mol. The van der Waals surface area contributed by atoms with Gasteiger partial charge >= 0.3 is 0 Å². The van der Waals surface area contributed by atoms with Crippen LogP contribution in [0.15, 0.2) is 48.5 Å². The summed E-state index contributed by atoms with van der Waals surface area (Å²) in [5, 5.41) is 5.94. The van der Waals surface area contributed by atoms with Crippen LogP contribution in [0.3, 0.4) is 0 Å². The highest BCUT2D eigenvalue weighted by molar-refractivity contribution is 5.95. The lowest BCUT2D eigenvalue weighted by Crippen LogP contribution is -2.37. The van der Waals surface area contributed by atoms with E-state index in [-0.39, 0.29) is 24.5 Å². The summed E-state index contributed by atoms with van der Waals surface area (Å²) in [6, 6.07) is 14.6. The molecule has 2 aromatic carbocycles. The average molecular weight is 410 g/mol. The Morgan fingerprint density at radius 2 is 1.60 bits per heavy atom. The van der Waals surface area contributed by atoms with Crippen molar-refractivity contribution in [2.75, 3.05) is 30.3 Å². The number of nitrogens with one attached hydrogen (secondary N) is 2. The minimum atomic E-state index is -0.143. The largest absolute Gasteiger partial charge is 0.491 e. The van der Waals surface area contributed by atoms with Gasteiger partial charge in [0.1, 0.15) is 5.75 Å². The van der Waals surface area contributed by atoms with Crippen molar-refractivity contribution in [1.82, 2.24) is 4.90 Å². The predicted molar refractivity (Wildman–Crippen MR) is 120 cm³/mol. The number of anilines is 2. The van der Waals surface area contributed by atoms with Gasteiger partial charge < -0.3 is 20.3 Å². The first kappa shape index (κ1) is 21.7. The zero-order chi connectivity index (χ0) is 21.5. The summed E-state index contributed by atoms with van der Waals surface area (Å²) >= 11 is 0. The van der Waals surface area contributed by atoms with E-state index in [0.717, 1.165) is 43.1 Å². The van der Waals surface area contributed by atoms with Crippen molar-refractivity contribution in [3.63, 3.8) is 0 Å². The smallest absolute Gasteiger partial charge is 0.253 e. The van der Waals surface area contributed by atoms with Gasteiger partial charge in [0.2, 0.25) is 5.91 Å². The van der Waals surface area contributed by atoms with E-state index < -0.39 is 0 Å². The molecular weight excluding hydrogens is 378 g/mol. The number of amides is 2. The molecule has 2 N–H and O–H groups in total. The fraction of sp³-hybridized carbons (Fsp3) is 0.417. The average Bonchev–Trinajstić information content (AvgIpc) is 2.74. The molecule has 1 fully saturated rings. The van der Waals surface area contributed by atoms with Gasteiger partial charge in [-0.2, -0.15) is 0 Å². The number of hydrogen-bond acceptors (Lipinski definition) is 4. The quantitative estimate of drug-likeness (QED) is 0.711. The number of ether oxygens (including phenoxy) is 1. The van der Waals surface area contributed by atoms with Crippen molar-refractivity contribution >= 4 is 23.2 Å². The van der Waals surface area contributed by atoms with Gasteiger partial charge in [0.05, 0.1) is 12.6 Å². The van der Waals surface area contributed by atoms with Crippen LogP contribution in [0.4, 0.5) is 11.4 Å². The third-order valence-corrected chi connectivity index (χ3v) is 5.17. The van der Waals surface area contributed by atoms with Gasteiger partial charge in [-0.05, 0) is 81.1 Å². The molecule has 3 rings (SSSR count). The molecule has 6 nitrogen and oxygen atoms in total. The Bertz CT molecular complexity index is 839. The van der Waals surface area contributed by atoms with E-state index in [1.54, 1.807) is 0 Å². The van der Waals surface area contributed by atoms with Crippen LogP contribution in [0.5, 0.6) is 5.75 Å². The molecule has 160 valence electrons. The summed E-state index contributed by atoms with van der Waals surface area (Å²) in [5.74, 6) is 1.40. The van der Waals surface area contributed by atoms with E-state index in [1.165, 1.54) is 0 Å². The highest BCUT2D eigenvalue weighted by Gasteiger charge is 2.21. The van der Waals surface area contributed by atoms with E-state index in [9.17, 15) is 9.59 Å². The summed E-state index contributed by atoms with van der Waals surface area (Å²) in [7, 11) is 0. The standard InChI is InChI=1S/C24H31N3O3/c1-17(2)30-22-10-8-21(9-11-22)26-23(28)16-25-20-6-4-19(5-7-20)24(29)27-14-12-18(3)13-15-27/h4-11,17-18,25H,12-16H2,1-3H3,(H,26,28). The molecule has 1 heterocycles. The Hall–Kier alpha value is -3.02. The molecule has 0 saturated carbocycles. The molecule has 0 unspecified atom stereocenters. The number of nitrogens with zero attached hydrogens (tertiary/aromatic N) is 1. The SMILES string of the molecule is CC1CCN(C(=O)c2ccc(NCC(=O)Nc3ccc(OC(C)C)cc3)cc2)CC1. The third kappa shape index (κ3) is 6.24. The molecular formula is C24H31N3O3. The van der Waals surface area contributed by atoms with Crippen molar-refractivity contribution in [3.05, 3.63) is 54.1 Å². The van der Waals surface area contributed by atoms with Gasteiger partial charge in [-0.15, -0.1) is 0 Å². The van der Waals surface area contributed by atoms with Gasteiger partial charge in [-0.3, -0.25) is 9.59 Å². The predicted octanol–water partition coefficient (Wildman–Crippen LogP) is 4.40. The Balaban J connectivity index is 1.46. The number of likely N-dealkylation sites (tertiary alicyclic amines) is 1.